The number of hydrogen-bond donors (Lipinski definition) is 0. The molecule has 0 bridgehead atoms. The summed E-state index contributed by atoms with van der Waals surface area (Å²) in [5.41, 5.74) is 25.8. The maximum Gasteiger partial charge on any atom is 0.141 e. The van der Waals surface area contributed by atoms with Crippen LogP contribution < -0.4 is 38.2 Å². The Hall–Kier alpha value is -7.17. The van der Waals surface area contributed by atoms with Gasteiger partial charge in [-0.25, -0.2) is 0 Å². The van der Waals surface area contributed by atoms with Crippen LogP contribution in [0, 0.1) is 0 Å². The Labute approximate surface area is 379 Å². The highest BCUT2D eigenvalue weighted by Crippen LogP contribution is 2.41. The van der Waals surface area contributed by atoms with Gasteiger partial charge in [-0.1, -0.05) is 142 Å². The molecule has 0 amide bonds. The molecule has 64 heavy (non-hydrogen) atoms. The van der Waals surface area contributed by atoms with E-state index >= 15 is 0 Å². The van der Waals surface area contributed by atoms with Gasteiger partial charge in [-0.15, -0.1) is 5.46 Å². The molecular formula is C54H41B7N2O. The SMILES string of the molecule is Bc1c(B)c(B)c2c(c1B)c1c(B)c(-c3ccc4c(c3)c3c(-c5ccccc5)cccc3n4-c3ccc4oc5ccccc5c4c3)c(B)c(B)c1n2-c1ccc(-c2ccccc2)cc1. The second-order valence-electron chi connectivity index (χ2n) is 17.9. The Morgan fingerprint density at radius 2 is 0.922 bits per heavy atom. The lowest BCUT2D eigenvalue weighted by molar-refractivity contribution is 0.669. The van der Waals surface area contributed by atoms with E-state index in [0.717, 1.165) is 27.6 Å². The molecular weight excluding hydrogens is 768 g/mol. The van der Waals surface area contributed by atoms with Gasteiger partial charge < -0.3 is 13.6 Å². The maximum absolute atomic E-state index is 6.29. The topological polar surface area (TPSA) is 23.0 Å². The van der Waals surface area contributed by atoms with Gasteiger partial charge in [-0.2, -0.15) is 0 Å². The molecule has 0 fully saturated rings. The molecule has 0 spiro atoms. The minimum absolute atomic E-state index is 0.899. The Bertz CT molecular complexity index is 3910. The normalized spacial score (nSPS) is 11.9. The molecule has 0 atom stereocenters. The van der Waals surface area contributed by atoms with Crippen LogP contribution in [0.1, 0.15) is 0 Å². The number of rotatable bonds is 5. The Kier molecular flexibility index (Phi) is 8.69. The van der Waals surface area contributed by atoms with Gasteiger partial charge in [0.1, 0.15) is 66.1 Å². The Morgan fingerprint density at radius 3 is 1.67 bits per heavy atom. The molecule has 294 valence electrons. The zero-order valence-corrected chi connectivity index (χ0v) is 37.4. The first kappa shape index (κ1) is 38.5. The molecule has 12 rings (SSSR count). The van der Waals surface area contributed by atoms with Gasteiger partial charge in [0, 0.05) is 49.3 Å². The molecule has 0 unspecified atom stereocenters. The van der Waals surface area contributed by atoms with Crippen molar-refractivity contribution in [3.8, 4) is 44.8 Å². The molecule has 0 saturated heterocycles. The second-order valence-corrected chi connectivity index (χ2v) is 17.9. The standard InChI is InChI=1S/C54H41B7N2O/c55-46-42(47(56)51(60)53-44(46)45-48(57)49(58)50(59)52(61)54(45)63(53)32-21-18-29(19-22-32)28-10-3-1-4-11-28)31-20-24-38-37(26-31)43-34(30-12-5-2-6-13-30)15-9-16-39(43)62(38)33-23-25-41-36(27-33)35-14-7-8-17-40(35)64-41/h1-27H,55-61H2. The summed E-state index contributed by atoms with van der Waals surface area (Å²) in [6.45, 7) is 0. The Balaban J connectivity index is 1.14. The summed E-state index contributed by atoms with van der Waals surface area (Å²) in [6, 6.07) is 59.6. The van der Waals surface area contributed by atoms with Crippen molar-refractivity contribution < 1.29 is 4.42 Å². The predicted molar refractivity (Wildman–Crippen MR) is 296 cm³/mol. The smallest absolute Gasteiger partial charge is 0.141 e. The van der Waals surface area contributed by atoms with Crippen LogP contribution in [0.5, 0.6) is 0 Å². The molecule has 3 aromatic heterocycles. The quantitative estimate of drug-likeness (QED) is 0.246. The van der Waals surface area contributed by atoms with Crippen LogP contribution >= 0.6 is 0 Å². The van der Waals surface area contributed by atoms with Crippen LogP contribution in [0.2, 0.25) is 0 Å². The van der Waals surface area contributed by atoms with Crippen LogP contribution in [-0.4, -0.2) is 64.1 Å². The highest BCUT2D eigenvalue weighted by molar-refractivity contribution is 6.69. The molecule has 0 saturated carbocycles. The molecule has 10 heteroatoms. The summed E-state index contributed by atoms with van der Waals surface area (Å²) in [5.74, 6) is 0. The first-order chi connectivity index (χ1) is 31.2. The van der Waals surface area contributed by atoms with Gasteiger partial charge in [0.15, 0.2) is 0 Å². The molecule has 9 aromatic carbocycles. The molecule has 0 N–H and O–H groups in total. The summed E-state index contributed by atoms with van der Waals surface area (Å²) in [5, 5.41) is 7.44. The first-order valence-corrected chi connectivity index (χ1v) is 22.4. The number of aromatic nitrogens is 2. The predicted octanol–water partition coefficient (Wildman–Crippen LogP) is 2.59. The average molecular weight is 810 g/mol. The molecule has 0 radical (unpaired) electrons. The largest absolute Gasteiger partial charge is 0.456 e. The summed E-state index contributed by atoms with van der Waals surface area (Å²) >= 11 is 0. The molecule has 12 aromatic rings. The second kappa shape index (κ2) is 14.4. The van der Waals surface area contributed by atoms with E-state index in [1.807, 2.05) is 6.07 Å². The van der Waals surface area contributed by atoms with Crippen LogP contribution in [0.3, 0.4) is 0 Å². The number of benzene rings is 9. The first-order valence-electron chi connectivity index (χ1n) is 22.4. The summed E-state index contributed by atoms with van der Waals surface area (Å²) in [7, 11) is 16.3. The van der Waals surface area contributed by atoms with Crippen LogP contribution in [0.25, 0.3) is 110 Å². The fraction of sp³-hybridized carbons (Fsp3) is 0. The fourth-order valence-corrected chi connectivity index (χ4v) is 11.1. The van der Waals surface area contributed by atoms with E-state index in [1.165, 1.54) is 121 Å². The van der Waals surface area contributed by atoms with E-state index in [9.17, 15) is 0 Å². The molecule has 0 aliphatic heterocycles. The van der Waals surface area contributed by atoms with E-state index in [1.54, 1.807) is 0 Å². The summed E-state index contributed by atoms with van der Waals surface area (Å²) < 4.78 is 11.3. The minimum atomic E-state index is 0.899. The highest BCUT2D eigenvalue weighted by Gasteiger charge is 2.26. The van der Waals surface area contributed by atoms with Gasteiger partial charge in [-0.05, 0) is 93.4 Å². The Morgan fingerprint density at radius 1 is 0.328 bits per heavy atom. The van der Waals surface area contributed by atoms with Gasteiger partial charge in [0.25, 0.3) is 0 Å². The van der Waals surface area contributed by atoms with E-state index in [2.05, 4.69) is 222 Å². The molecule has 3 heterocycles. The van der Waals surface area contributed by atoms with E-state index < -0.39 is 0 Å². The van der Waals surface area contributed by atoms with Crippen molar-refractivity contribution in [1.82, 2.24) is 9.13 Å². The van der Waals surface area contributed by atoms with E-state index in [-0.39, 0.29) is 0 Å². The number of fused-ring (bicyclic) bond motifs is 9. The van der Waals surface area contributed by atoms with Crippen LogP contribution in [-0.2, 0) is 0 Å². The van der Waals surface area contributed by atoms with Gasteiger partial charge in [0.2, 0.25) is 0 Å². The van der Waals surface area contributed by atoms with Crippen molar-refractivity contribution in [2.75, 3.05) is 0 Å². The lowest BCUT2D eigenvalue weighted by Gasteiger charge is -2.19. The van der Waals surface area contributed by atoms with Crippen LogP contribution in [0.15, 0.2) is 168 Å². The lowest BCUT2D eigenvalue weighted by Crippen LogP contribution is -2.48. The number of furan rings is 1. The zero-order chi connectivity index (χ0) is 43.5. The third-order valence-corrected chi connectivity index (χ3v) is 14.6. The van der Waals surface area contributed by atoms with Gasteiger partial charge >= 0.3 is 0 Å². The number of nitrogens with zero attached hydrogens (tertiary/aromatic N) is 2. The maximum atomic E-state index is 6.29. The molecule has 3 nitrogen and oxygen atoms in total. The molecule has 0 aliphatic rings. The third-order valence-electron chi connectivity index (χ3n) is 14.6. The van der Waals surface area contributed by atoms with Crippen molar-refractivity contribution in [1.29, 1.82) is 0 Å². The summed E-state index contributed by atoms with van der Waals surface area (Å²) in [4.78, 5) is 0. The highest BCUT2D eigenvalue weighted by atomic mass is 16.3. The third kappa shape index (κ3) is 5.51. The van der Waals surface area contributed by atoms with Crippen molar-refractivity contribution in [3.05, 3.63) is 164 Å². The van der Waals surface area contributed by atoms with Crippen molar-refractivity contribution in [2.45, 2.75) is 0 Å². The van der Waals surface area contributed by atoms with Gasteiger partial charge in [-0.3, -0.25) is 0 Å². The van der Waals surface area contributed by atoms with Gasteiger partial charge in [0.05, 0.1) is 11.0 Å². The average Bonchev–Trinajstić information content (AvgIpc) is 4.01. The van der Waals surface area contributed by atoms with E-state index in [0.29, 0.717) is 0 Å². The van der Waals surface area contributed by atoms with E-state index in [4.69, 9.17) is 4.42 Å². The monoisotopic (exact) mass is 810 g/mol. The number of para-hydroxylation sites is 1. The zero-order valence-electron chi connectivity index (χ0n) is 37.4. The molecule has 0 aliphatic carbocycles. The van der Waals surface area contributed by atoms with Crippen molar-refractivity contribution in [3.63, 3.8) is 0 Å². The number of hydrogen-bond acceptors (Lipinski definition) is 1. The lowest BCUT2D eigenvalue weighted by atomic mass is 9.64. The van der Waals surface area contributed by atoms with Crippen LogP contribution in [0.4, 0.5) is 0 Å². The summed E-state index contributed by atoms with van der Waals surface area (Å²) in [6.07, 6.45) is 0. The fourth-order valence-electron chi connectivity index (χ4n) is 11.1. The minimum Gasteiger partial charge on any atom is -0.456 e. The van der Waals surface area contributed by atoms with Crippen molar-refractivity contribution in [2.24, 2.45) is 0 Å². The van der Waals surface area contributed by atoms with Crippen molar-refractivity contribution >= 4 is 159 Å².